The molecule has 0 saturated carbocycles. The number of fused-ring (bicyclic) bond motifs is 1. The summed E-state index contributed by atoms with van der Waals surface area (Å²) in [5.74, 6) is 2.00. The smallest absolute Gasteiger partial charge is 0.344 e. The predicted molar refractivity (Wildman–Crippen MR) is 73.7 cm³/mol. The van der Waals surface area contributed by atoms with Gasteiger partial charge in [0.1, 0.15) is 0 Å². The Bertz CT molecular complexity index is 388. The van der Waals surface area contributed by atoms with Crippen LogP contribution in [0.3, 0.4) is 0 Å². The molecule has 0 heterocycles. The molecule has 1 amide bonds. The van der Waals surface area contributed by atoms with E-state index in [9.17, 15) is 18.0 Å². The van der Waals surface area contributed by atoms with Gasteiger partial charge >= 0.3 is 12.1 Å². The van der Waals surface area contributed by atoms with Crippen molar-refractivity contribution in [3.05, 3.63) is 35.4 Å². The van der Waals surface area contributed by atoms with Crippen molar-refractivity contribution in [1.82, 2.24) is 11.6 Å². The molecule has 116 valence electrons. The molecule has 8 heteroatoms. The van der Waals surface area contributed by atoms with Crippen LogP contribution in [0.4, 0.5) is 13.2 Å². The van der Waals surface area contributed by atoms with Crippen LogP contribution in [-0.2, 0) is 17.6 Å². The summed E-state index contributed by atoms with van der Waals surface area (Å²) in [5, 5.41) is 0. The molecule has 1 aromatic rings. The highest BCUT2D eigenvalue weighted by atomic mass is 35.5. The molecular weight excluding hydrogens is 295 g/mol. The van der Waals surface area contributed by atoms with Crippen molar-refractivity contribution in [3.63, 3.8) is 0 Å². The van der Waals surface area contributed by atoms with Gasteiger partial charge in [-0.25, -0.2) is 5.84 Å². The molecule has 1 aromatic carbocycles. The van der Waals surface area contributed by atoms with Crippen molar-refractivity contribution in [1.29, 1.82) is 0 Å². The zero-order valence-electron chi connectivity index (χ0n) is 10.9. The van der Waals surface area contributed by atoms with Crippen LogP contribution in [0.15, 0.2) is 24.3 Å². The Morgan fingerprint density at radius 1 is 1.10 bits per heavy atom. The lowest BCUT2D eigenvalue weighted by atomic mass is 9.92. The number of nitrogens with one attached hydrogen (secondary N) is 1. The zero-order chi connectivity index (χ0) is 13.6. The van der Waals surface area contributed by atoms with Crippen LogP contribution in [0.2, 0.25) is 0 Å². The molecule has 4 nitrogen and oxygen atoms in total. The van der Waals surface area contributed by atoms with E-state index in [1.165, 1.54) is 25.7 Å². The van der Waals surface area contributed by atoms with Gasteiger partial charge in [0.15, 0.2) is 0 Å². The van der Waals surface area contributed by atoms with Crippen LogP contribution in [0.25, 0.3) is 0 Å². The number of carbonyl (C=O) groups is 1. The molecule has 0 aromatic heterocycles. The number of hydrogen-bond acceptors (Lipinski definition) is 3. The average Bonchev–Trinajstić information content (AvgIpc) is 2.37. The van der Waals surface area contributed by atoms with Gasteiger partial charge < -0.3 is 6.15 Å². The van der Waals surface area contributed by atoms with E-state index in [1.807, 2.05) is 0 Å². The number of hydrazine groups is 1. The monoisotopic (exact) mass is 313 g/mol. The lowest BCUT2D eigenvalue weighted by molar-refractivity contribution is -0.173. The second-order valence-corrected chi connectivity index (χ2v) is 3.95. The van der Waals surface area contributed by atoms with Crippen molar-refractivity contribution in [3.8, 4) is 0 Å². The van der Waals surface area contributed by atoms with Gasteiger partial charge in [-0.1, -0.05) is 24.3 Å². The number of carbonyl (C=O) groups excluding carboxylic acids is 1. The molecule has 0 radical (unpaired) electrons. The number of rotatable bonds is 0. The SMILES string of the molecule is Cl.N.NNC(=O)C(F)(F)F.c1ccc2c(c1)CCCC2. The second kappa shape index (κ2) is 9.57. The number of benzene rings is 1. The van der Waals surface area contributed by atoms with E-state index in [0.29, 0.717) is 0 Å². The first-order valence-corrected chi connectivity index (χ1v) is 5.59. The van der Waals surface area contributed by atoms with Crippen LogP contribution >= 0.6 is 12.4 Å². The van der Waals surface area contributed by atoms with Gasteiger partial charge in [0.2, 0.25) is 0 Å². The van der Waals surface area contributed by atoms with Gasteiger partial charge in [0.25, 0.3) is 0 Å². The van der Waals surface area contributed by atoms with Gasteiger partial charge in [-0.2, -0.15) is 13.2 Å². The molecule has 0 bridgehead atoms. The third kappa shape index (κ3) is 6.74. The normalized spacial score (nSPS) is 12.6. The minimum absolute atomic E-state index is 0. The van der Waals surface area contributed by atoms with E-state index in [2.05, 4.69) is 30.1 Å². The number of alkyl halides is 3. The fourth-order valence-corrected chi connectivity index (χ4v) is 1.76. The summed E-state index contributed by atoms with van der Waals surface area (Å²) in [4.78, 5) is 9.47. The van der Waals surface area contributed by atoms with E-state index in [1.54, 1.807) is 11.1 Å². The molecule has 0 aliphatic heterocycles. The first-order valence-electron chi connectivity index (χ1n) is 5.59. The van der Waals surface area contributed by atoms with Crippen molar-refractivity contribution in [2.24, 2.45) is 5.84 Å². The number of hydrogen-bond donors (Lipinski definition) is 3. The summed E-state index contributed by atoms with van der Waals surface area (Å²) in [5.41, 5.74) is 4.10. The molecule has 6 N–H and O–H groups in total. The van der Waals surface area contributed by atoms with Crippen LogP contribution in [-0.4, -0.2) is 12.1 Å². The third-order valence-corrected chi connectivity index (χ3v) is 2.65. The summed E-state index contributed by atoms with van der Waals surface area (Å²) < 4.78 is 32.9. The summed E-state index contributed by atoms with van der Waals surface area (Å²) in [6.07, 6.45) is 0.509. The lowest BCUT2D eigenvalue weighted by Crippen LogP contribution is -2.40. The minimum atomic E-state index is -4.87. The van der Waals surface area contributed by atoms with Crippen molar-refractivity contribution in [2.45, 2.75) is 31.9 Å². The Labute approximate surface area is 121 Å². The maximum Gasteiger partial charge on any atom is 0.472 e. The molecule has 1 aliphatic carbocycles. The molecule has 0 saturated heterocycles. The van der Waals surface area contributed by atoms with E-state index in [0.717, 1.165) is 5.43 Å². The highest BCUT2D eigenvalue weighted by Gasteiger charge is 2.37. The van der Waals surface area contributed by atoms with Gasteiger partial charge in [-0.3, -0.25) is 10.2 Å². The topological polar surface area (TPSA) is 90.1 Å². The van der Waals surface area contributed by atoms with Crippen LogP contribution in [0.1, 0.15) is 24.0 Å². The lowest BCUT2D eigenvalue weighted by Gasteiger charge is -2.13. The number of nitrogens with two attached hydrogens (primary N) is 1. The van der Waals surface area contributed by atoms with Gasteiger partial charge in [0.05, 0.1) is 0 Å². The largest absolute Gasteiger partial charge is 0.472 e. The number of halogens is 4. The predicted octanol–water partition coefficient (Wildman–Crippen LogP) is 2.69. The molecular formula is C12H19ClF3N3O. The first kappa shape index (κ1) is 21.0. The Kier molecular flexibility index (Phi) is 10.0. The summed E-state index contributed by atoms with van der Waals surface area (Å²) in [6, 6.07) is 8.80. The molecule has 20 heavy (non-hydrogen) atoms. The zero-order valence-corrected chi connectivity index (χ0v) is 11.7. The highest BCUT2D eigenvalue weighted by Crippen LogP contribution is 2.19. The fraction of sp³-hybridized carbons (Fsp3) is 0.417. The van der Waals surface area contributed by atoms with E-state index < -0.39 is 12.1 Å². The Balaban J connectivity index is 0. The second-order valence-electron chi connectivity index (χ2n) is 3.95. The van der Waals surface area contributed by atoms with E-state index in [4.69, 9.17) is 0 Å². The Morgan fingerprint density at radius 3 is 1.75 bits per heavy atom. The first-order chi connectivity index (χ1) is 8.45. The summed E-state index contributed by atoms with van der Waals surface area (Å²) >= 11 is 0. The Morgan fingerprint density at radius 2 is 1.50 bits per heavy atom. The van der Waals surface area contributed by atoms with Crippen molar-refractivity contribution < 1.29 is 18.0 Å². The fourth-order valence-electron chi connectivity index (χ4n) is 1.76. The van der Waals surface area contributed by atoms with E-state index in [-0.39, 0.29) is 18.6 Å². The van der Waals surface area contributed by atoms with Gasteiger partial charge in [-0.05, 0) is 36.8 Å². The quantitative estimate of drug-likeness (QED) is 0.391. The molecule has 0 fully saturated rings. The van der Waals surface area contributed by atoms with Gasteiger partial charge in [-0.15, -0.1) is 12.4 Å². The van der Waals surface area contributed by atoms with Crippen molar-refractivity contribution in [2.75, 3.05) is 0 Å². The average molecular weight is 314 g/mol. The maximum absolute atomic E-state index is 11.0. The molecule has 0 spiro atoms. The molecule has 0 unspecified atom stereocenters. The summed E-state index contributed by atoms with van der Waals surface area (Å²) in [7, 11) is 0. The standard InChI is InChI=1S/C10H12.C2H3F3N2O.ClH.H3N/c1-2-6-10-8-4-3-7-9(10)5-1;3-2(4,5)1(8)7-6;;/h1-2,5-6H,3-4,7-8H2;6H2,(H,7,8);1H;1H3. The van der Waals surface area contributed by atoms with Crippen LogP contribution in [0, 0.1) is 0 Å². The number of aryl methyl sites for hydroxylation is 2. The van der Waals surface area contributed by atoms with Gasteiger partial charge in [0, 0.05) is 0 Å². The minimum Gasteiger partial charge on any atom is -0.344 e. The Hall–Kier alpha value is -1.31. The third-order valence-electron chi connectivity index (χ3n) is 2.65. The number of amides is 1. The highest BCUT2D eigenvalue weighted by molar-refractivity contribution is 5.85. The molecule has 1 aliphatic rings. The maximum atomic E-state index is 11.0. The van der Waals surface area contributed by atoms with Crippen molar-refractivity contribution >= 4 is 18.3 Å². The molecule has 0 atom stereocenters. The molecule has 2 rings (SSSR count). The summed E-state index contributed by atoms with van der Waals surface area (Å²) in [6.45, 7) is 0. The van der Waals surface area contributed by atoms with Crippen LogP contribution in [0.5, 0.6) is 0 Å². The van der Waals surface area contributed by atoms with E-state index >= 15 is 0 Å². The van der Waals surface area contributed by atoms with Crippen LogP contribution < -0.4 is 17.4 Å².